The summed E-state index contributed by atoms with van der Waals surface area (Å²) in [5.74, 6) is 0. The molecule has 16 heavy (non-hydrogen) atoms. The van der Waals surface area contributed by atoms with Crippen LogP contribution in [0.4, 0.5) is 0 Å². The van der Waals surface area contributed by atoms with E-state index in [9.17, 15) is 0 Å². The topological polar surface area (TPSA) is 21.3 Å². The van der Waals surface area contributed by atoms with Gasteiger partial charge in [0.2, 0.25) is 0 Å². The van der Waals surface area contributed by atoms with Crippen molar-refractivity contribution < 1.29 is 4.74 Å². The third kappa shape index (κ3) is 4.77. The van der Waals surface area contributed by atoms with Crippen LogP contribution in [-0.2, 0) is 11.2 Å². The summed E-state index contributed by atoms with van der Waals surface area (Å²) in [5, 5.41) is 3.44. The fourth-order valence-electron chi connectivity index (χ4n) is 1.75. The quantitative estimate of drug-likeness (QED) is 0.678. The summed E-state index contributed by atoms with van der Waals surface area (Å²) in [4.78, 5) is 0. The molecule has 1 aromatic rings. The molecule has 1 aliphatic carbocycles. The van der Waals surface area contributed by atoms with E-state index in [-0.39, 0.29) is 0 Å². The van der Waals surface area contributed by atoms with Crippen LogP contribution >= 0.6 is 0 Å². The molecular formula is C14H21NO. The second-order valence-corrected chi connectivity index (χ2v) is 4.43. The van der Waals surface area contributed by atoms with Gasteiger partial charge >= 0.3 is 0 Å². The van der Waals surface area contributed by atoms with Crippen LogP contribution in [0.5, 0.6) is 0 Å². The molecule has 0 spiro atoms. The minimum absolute atomic E-state index is 0.799. The highest BCUT2D eigenvalue weighted by atomic mass is 16.5. The lowest BCUT2D eigenvalue weighted by atomic mass is 10.1. The maximum absolute atomic E-state index is 5.57. The van der Waals surface area contributed by atoms with Gasteiger partial charge in [0.15, 0.2) is 0 Å². The third-order valence-corrected chi connectivity index (χ3v) is 2.85. The zero-order valence-electron chi connectivity index (χ0n) is 9.82. The summed E-state index contributed by atoms with van der Waals surface area (Å²) < 4.78 is 5.57. The van der Waals surface area contributed by atoms with Gasteiger partial charge in [-0.05, 0) is 31.2 Å². The molecule has 2 rings (SSSR count). The van der Waals surface area contributed by atoms with Crippen LogP contribution < -0.4 is 5.32 Å². The number of hydrogen-bond donors (Lipinski definition) is 1. The van der Waals surface area contributed by atoms with Gasteiger partial charge in [0.05, 0.1) is 6.61 Å². The Kier molecular flexibility index (Phi) is 4.84. The van der Waals surface area contributed by atoms with Crippen LogP contribution in [0.25, 0.3) is 0 Å². The molecule has 2 heteroatoms. The summed E-state index contributed by atoms with van der Waals surface area (Å²) in [7, 11) is 0. The Hall–Kier alpha value is -0.860. The molecule has 1 aliphatic rings. The molecule has 0 aliphatic heterocycles. The Morgan fingerprint density at radius 1 is 1.12 bits per heavy atom. The van der Waals surface area contributed by atoms with Crippen molar-refractivity contribution in [1.29, 1.82) is 0 Å². The lowest BCUT2D eigenvalue weighted by molar-refractivity contribution is 0.133. The SMILES string of the molecule is c1ccc(CCCOCCNC2CC2)cc1. The highest BCUT2D eigenvalue weighted by molar-refractivity contribution is 5.14. The smallest absolute Gasteiger partial charge is 0.0591 e. The third-order valence-electron chi connectivity index (χ3n) is 2.85. The zero-order chi connectivity index (χ0) is 11.1. The summed E-state index contributed by atoms with van der Waals surface area (Å²) in [5.41, 5.74) is 1.40. The van der Waals surface area contributed by atoms with Crippen LogP contribution in [0, 0.1) is 0 Å². The minimum Gasteiger partial charge on any atom is -0.380 e. The number of nitrogens with one attached hydrogen (secondary N) is 1. The van der Waals surface area contributed by atoms with E-state index in [1.165, 1.54) is 18.4 Å². The van der Waals surface area contributed by atoms with Crippen molar-refractivity contribution in [1.82, 2.24) is 5.32 Å². The Morgan fingerprint density at radius 3 is 2.69 bits per heavy atom. The lowest BCUT2D eigenvalue weighted by Crippen LogP contribution is -2.21. The first-order chi connectivity index (χ1) is 7.95. The first kappa shape index (κ1) is 11.6. The Bertz CT molecular complexity index is 282. The molecule has 1 N–H and O–H groups in total. The van der Waals surface area contributed by atoms with E-state index in [0.717, 1.165) is 38.6 Å². The Balaban J connectivity index is 1.42. The largest absolute Gasteiger partial charge is 0.380 e. The maximum atomic E-state index is 5.57. The minimum atomic E-state index is 0.799. The van der Waals surface area contributed by atoms with Crippen molar-refractivity contribution in [2.24, 2.45) is 0 Å². The fourth-order valence-corrected chi connectivity index (χ4v) is 1.75. The molecule has 0 atom stereocenters. The lowest BCUT2D eigenvalue weighted by Gasteiger charge is -2.05. The molecule has 0 amide bonds. The molecular weight excluding hydrogens is 198 g/mol. The number of benzene rings is 1. The standard InChI is InChI=1S/C14H21NO/c1-2-5-13(6-3-1)7-4-11-16-12-10-15-14-8-9-14/h1-3,5-6,14-15H,4,7-12H2. The van der Waals surface area contributed by atoms with Crippen LogP contribution in [0.2, 0.25) is 0 Å². The summed E-state index contributed by atoms with van der Waals surface area (Å²) in [6.45, 7) is 2.74. The molecule has 1 fully saturated rings. The fraction of sp³-hybridized carbons (Fsp3) is 0.571. The second kappa shape index (κ2) is 6.66. The summed E-state index contributed by atoms with van der Waals surface area (Å²) in [6, 6.07) is 11.4. The highest BCUT2D eigenvalue weighted by Crippen LogP contribution is 2.17. The average Bonchev–Trinajstić information content (AvgIpc) is 3.13. The molecule has 0 saturated heterocycles. The number of rotatable bonds is 8. The molecule has 2 nitrogen and oxygen atoms in total. The van der Waals surface area contributed by atoms with Crippen LogP contribution in [0.3, 0.4) is 0 Å². The van der Waals surface area contributed by atoms with Crippen LogP contribution in [0.15, 0.2) is 30.3 Å². The van der Waals surface area contributed by atoms with E-state index in [4.69, 9.17) is 4.74 Å². The molecule has 1 saturated carbocycles. The van der Waals surface area contributed by atoms with Crippen LogP contribution in [0.1, 0.15) is 24.8 Å². The molecule has 0 radical (unpaired) electrons. The predicted octanol–water partition coefficient (Wildman–Crippen LogP) is 2.39. The molecule has 88 valence electrons. The molecule has 0 unspecified atom stereocenters. The second-order valence-electron chi connectivity index (χ2n) is 4.43. The van der Waals surface area contributed by atoms with E-state index in [1.807, 2.05) is 0 Å². The van der Waals surface area contributed by atoms with Gasteiger partial charge in [0.1, 0.15) is 0 Å². The van der Waals surface area contributed by atoms with Crippen molar-refractivity contribution in [3.8, 4) is 0 Å². The molecule has 0 aromatic heterocycles. The van der Waals surface area contributed by atoms with E-state index in [2.05, 4.69) is 35.6 Å². The van der Waals surface area contributed by atoms with Gasteiger partial charge in [-0.1, -0.05) is 30.3 Å². The maximum Gasteiger partial charge on any atom is 0.0591 e. The van der Waals surface area contributed by atoms with Gasteiger partial charge in [-0.2, -0.15) is 0 Å². The van der Waals surface area contributed by atoms with Crippen molar-refractivity contribution in [3.63, 3.8) is 0 Å². The van der Waals surface area contributed by atoms with Gasteiger partial charge < -0.3 is 10.1 Å². The van der Waals surface area contributed by atoms with Gasteiger partial charge in [-0.15, -0.1) is 0 Å². The Labute approximate surface area is 98.0 Å². The number of ether oxygens (including phenoxy) is 1. The van der Waals surface area contributed by atoms with Crippen molar-refractivity contribution >= 4 is 0 Å². The molecule has 0 heterocycles. The predicted molar refractivity (Wildman–Crippen MR) is 66.6 cm³/mol. The summed E-state index contributed by atoms with van der Waals surface area (Å²) >= 11 is 0. The van der Waals surface area contributed by atoms with Gasteiger partial charge in [0, 0.05) is 19.2 Å². The van der Waals surface area contributed by atoms with Crippen molar-refractivity contribution in [3.05, 3.63) is 35.9 Å². The first-order valence-electron chi connectivity index (χ1n) is 6.30. The number of aryl methyl sites for hydroxylation is 1. The normalized spacial score (nSPS) is 15.2. The van der Waals surface area contributed by atoms with Crippen molar-refractivity contribution in [2.75, 3.05) is 19.8 Å². The Morgan fingerprint density at radius 2 is 1.94 bits per heavy atom. The van der Waals surface area contributed by atoms with E-state index in [1.54, 1.807) is 0 Å². The monoisotopic (exact) mass is 219 g/mol. The van der Waals surface area contributed by atoms with E-state index >= 15 is 0 Å². The zero-order valence-corrected chi connectivity index (χ0v) is 9.82. The first-order valence-corrected chi connectivity index (χ1v) is 6.30. The van der Waals surface area contributed by atoms with Gasteiger partial charge in [-0.3, -0.25) is 0 Å². The van der Waals surface area contributed by atoms with Gasteiger partial charge in [-0.25, -0.2) is 0 Å². The van der Waals surface area contributed by atoms with Crippen LogP contribution in [-0.4, -0.2) is 25.8 Å². The van der Waals surface area contributed by atoms with E-state index in [0.29, 0.717) is 0 Å². The number of hydrogen-bond acceptors (Lipinski definition) is 2. The average molecular weight is 219 g/mol. The van der Waals surface area contributed by atoms with Gasteiger partial charge in [0.25, 0.3) is 0 Å². The van der Waals surface area contributed by atoms with E-state index < -0.39 is 0 Å². The summed E-state index contributed by atoms with van der Waals surface area (Å²) in [6.07, 6.45) is 4.95. The highest BCUT2D eigenvalue weighted by Gasteiger charge is 2.19. The molecule has 1 aromatic carbocycles. The van der Waals surface area contributed by atoms with Crippen molar-refractivity contribution in [2.45, 2.75) is 31.7 Å². The molecule has 0 bridgehead atoms.